The van der Waals surface area contributed by atoms with E-state index in [1.54, 1.807) is 0 Å². The summed E-state index contributed by atoms with van der Waals surface area (Å²) in [5, 5.41) is 0. The first-order valence-corrected chi connectivity index (χ1v) is 18.9. The van der Waals surface area contributed by atoms with Gasteiger partial charge in [0.25, 0.3) is 0 Å². The first-order chi connectivity index (χ1) is 16.8. The second-order valence-corrected chi connectivity index (χ2v) is 19.9. The third-order valence-electron chi connectivity index (χ3n) is 10.2. The molecule has 3 saturated carbocycles. The average Bonchev–Trinajstić information content (AvgIpc) is 3.18. The van der Waals surface area contributed by atoms with Crippen LogP contribution in [0.1, 0.15) is 139 Å². The van der Waals surface area contributed by atoms with Crippen molar-refractivity contribution in [1.29, 1.82) is 0 Å². The van der Waals surface area contributed by atoms with Gasteiger partial charge in [-0.25, -0.2) is 0 Å². The van der Waals surface area contributed by atoms with Crippen molar-refractivity contribution < 1.29 is 26.5 Å². The smallest absolute Gasteiger partial charge is 0.659 e. The monoisotopic (exact) mass is 611 g/mol. The summed E-state index contributed by atoms with van der Waals surface area (Å²) in [6.07, 6.45) is 18.9. The van der Waals surface area contributed by atoms with E-state index in [-0.39, 0.29) is 55.1 Å². The van der Waals surface area contributed by atoms with Gasteiger partial charge in [-0.3, -0.25) is 0 Å². The summed E-state index contributed by atoms with van der Waals surface area (Å²) >= 11 is 0. The first-order valence-electron chi connectivity index (χ1n) is 16.2. The van der Waals surface area contributed by atoms with Crippen molar-refractivity contribution in [1.82, 2.24) is 0 Å². The molecule has 236 valence electrons. The van der Waals surface area contributed by atoms with E-state index in [4.69, 9.17) is 9.72 Å². The minimum atomic E-state index is -1.77. The van der Waals surface area contributed by atoms with Gasteiger partial charge in [0.2, 0.25) is 0 Å². The number of hydrogen-bond acceptors (Lipinski definition) is 1. The van der Waals surface area contributed by atoms with Crippen LogP contribution in [0.25, 0.3) is 4.98 Å². The van der Waals surface area contributed by atoms with Gasteiger partial charge in [0, 0.05) is 6.61 Å². The van der Waals surface area contributed by atoms with Crippen molar-refractivity contribution in [3.63, 3.8) is 0 Å². The Kier molecular flexibility index (Phi) is 20.0. The molecule has 6 unspecified atom stereocenters. The Labute approximate surface area is 271 Å². The normalized spacial score (nSPS) is 28.8. The van der Waals surface area contributed by atoms with E-state index in [2.05, 4.69) is 61.9 Å². The van der Waals surface area contributed by atoms with Gasteiger partial charge in [0.15, 0.2) is 0 Å². The van der Waals surface area contributed by atoms with Crippen molar-refractivity contribution in [2.75, 3.05) is 6.61 Å². The summed E-state index contributed by atoms with van der Waals surface area (Å²) in [5.74, 6) is 5.78. The Balaban J connectivity index is 0. The Morgan fingerprint density at radius 2 is 1.32 bits per heavy atom. The molecule has 40 heavy (non-hydrogen) atoms. The molecule has 0 amide bonds. The molecule has 4 heteroatoms. The molecule has 0 N–H and O–H groups in total. The van der Waals surface area contributed by atoms with Crippen LogP contribution in [-0.4, -0.2) is 26.0 Å². The molecule has 3 rings (SSSR count). The Morgan fingerprint density at radius 3 is 1.88 bits per heavy atom. The maximum absolute atomic E-state index is 5.97. The summed E-state index contributed by atoms with van der Waals surface area (Å²) < 4.78 is 5.97. The van der Waals surface area contributed by atoms with Crippen molar-refractivity contribution in [3.8, 4) is 0 Å². The molecule has 0 aromatic heterocycles. The molecule has 0 aromatic rings. The average molecular weight is 612 g/mol. The number of hydrogen-bond donors (Lipinski definition) is 0. The molecule has 3 aliphatic rings. The fourth-order valence-electron chi connectivity index (χ4n) is 9.05. The minimum absolute atomic E-state index is 0. The molecule has 3 aliphatic carbocycles. The van der Waals surface area contributed by atoms with E-state index >= 15 is 0 Å². The molecule has 2 nitrogen and oxygen atoms in total. The molecule has 0 heterocycles. The van der Waals surface area contributed by atoms with Crippen molar-refractivity contribution in [3.05, 3.63) is 27.3 Å². The van der Waals surface area contributed by atoms with Gasteiger partial charge in [-0.05, 0) is 75.5 Å². The predicted octanol–water partition coefficient (Wildman–Crippen LogP) is 12.1. The number of unbranched alkanes of at least 4 members (excludes halogenated alkanes) is 3. The quantitative estimate of drug-likeness (QED) is 0.129. The minimum Gasteiger partial charge on any atom is -0.659 e. The maximum Gasteiger partial charge on any atom is 4.00 e. The van der Waals surface area contributed by atoms with Crippen LogP contribution in [-0.2, 0) is 26.5 Å². The molecule has 0 radical (unpaired) electrons. The first kappa shape index (κ1) is 43.0. The standard InChI is InChI=1S/C33H64NOSi.3CH3.Ti/c1-25(2)29-24-30-27(26-18-13-12-14-19-26)20-17-21-28(30)31(29)36(9,34-32(3,4)5)23-16-11-10-15-22-35-33(6,7)8;;;;/h25-31H,10-24H2,1-9H3;3*1H3;/q4*-1;+4. The molecule has 6 atom stereocenters. The summed E-state index contributed by atoms with van der Waals surface area (Å²) in [6.45, 7) is 22.4. The van der Waals surface area contributed by atoms with Crippen molar-refractivity contribution in [2.45, 2.75) is 168 Å². The summed E-state index contributed by atoms with van der Waals surface area (Å²) in [6, 6.07) is 1.41. The molecule has 0 spiro atoms. The van der Waals surface area contributed by atoms with Gasteiger partial charge < -0.3 is 32.0 Å². The second kappa shape index (κ2) is 18.6. The third-order valence-corrected chi connectivity index (χ3v) is 15.0. The second-order valence-electron chi connectivity index (χ2n) is 15.8. The van der Waals surface area contributed by atoms with Gasteiger partial charge in [-0.2, -0.15) is 0 Å². The van der Waals surface area contributed by atoms with Crippen molar-refractivity contribution in [2.24, 2.45) is 35.5 Å². The molecular formula is C36H73NOSiTi. The van der Waals surface area contributed by atoms with Crippen LogP contribution >= 0.6 is 0 Å². The zero-order valence-electron chi connectivity index (χ0n) is 29.5. The summed E-state index contributed by atoms with van der Waals surface area (Å²) in [4.78, 5) is 5.86. The number of nitrogens with zero attached hydrogens (tertiary/aromatic N) is 1. The SMILES string of the molecule is CC(C)C1CC2C(C3CCCCC3)CCCC2C1[Si](C)(CCCCCCOC(C)(C)C)[N-]C(C)(C)C.[CH3-].[CH3-].[CH3-].[Ti+4]. The molecule has 0 saturated heterocycles. The van der Waals surface area contributed by atoms with Gasteiger partial charge in [-0.15, -0.1) is 5.54 Å². The van der Waals surface area contributed by atoms with E-state index in [1.165, 1.54) is 89.5 Å². The zero-order chi connectivity index (χ0) is 26.6. The van der Waals surface area contributed by atoms with Crippen LogP contribution in [0, 0.1) is 57.8 Å². The van der Waals surface area contributed by atoms with Gasteiger partial charge >= 0.3 is 21.7 Å². The van der Waals surface area contributed by atoms with Crippen LogP contribution in [0.4, 0.5) is 0 Å². The molecule has 0 aromatic carbocycles. The van der Waals surface area contributed by atoms with Crippen LogP contribution < -0.4 is 0 Å². The third kappa shape index (κ3) is 12.5. The predicted molar refractivity (Wildman–Crippen MR) is 181 cm³/mol. The van der Waals surface area contributed by atoms with Gasteiger partial charge in [0.05, 0.1) is 5.60 Å². The molecule has 3 fully saturated rings. The van der Waals surface area contributed by atoms with E-state index < -0.39 is 8.24 Å². The van der Waals surface area contributed by atoms with Crippen molar-refractivity contribution >= 4 is 8.24 Å². The maximum atomic E-state index is 5.97. The van der Waals surface area contributed by atoms with Crippen LogP contribution in [0.2, 0.25) is 18.1 Å². The number of ether oxygens (including phenoxy) is 1. The van der Waals surface area contributed by atoms with Crippen LogP contribution in [0.15, 0.2) is 0 Å². The fourth-order valence-corrected chi connectivity index (χ4v) is 14.9. The van der Waals surface area contributed by atoms with E-state index in [1.807, 2.05) is 0 Å². The van der Waals surface area contributed by atoms with Crippen LogP contribution in [0.3, 0.4) is 0 Å². The Morgan fingerprint density at radius 1 is 0.750 bits per heavy atom. The van der Waals surface area contributed by atoms with E-state index in [0.717, 1.165) is 47.7 Å². The van der Waals surface area contributed by atoms with Crippen LogP contribution in [0.5, 0.6) is 0 Å². The molecule has 0 bridgehead atoms. The van der Waals surface area contributed by atoms with Gasteiger partial charge in [0.1, 0.15) is 0 Å². The molecular weight excluding hydrogens is 538 g/mol. The number of rotatable bonds is 11. The zero-order valence-corrected chi connectivity index (χ0v) is 32.1. The Hall–Kier alpha value is 0.851. The van der Waals surface area contributed by atoms with Gasteiger partial charge in [-0.1, -0.05) is 125 Å². The topological polar surface area (TPSA) is 23.3 Å². The van der Waals surface area contributed by atoms with E-state index in [9.17, 15) is 0 Å². The Bertz CT molecular complexity index is 650. The number of fused-ring (bicyclic) bond motifs is 1. The van der Waals surface area contributed by atoms with E-state index in [0.29, 0.717) is 0 Å². The largest absolute Gasteiger partial charge is 4.00 e. The summed E-state index contributed by atoms with van der Waals surface area (Å²) in [7, 11) is -1.77. The molecule has 0 aliphatic heterocycles. The fraction of sp³-hybridized carbons (Fsp3) is 0.917. The summed E-state index contributed by atoms with van der Waals surface area (Å²) in [5.41, 5.74) is 1.01.